The van der Waals surface area contributed by atoms with Crippen LogP contribution < -0.4 is 4.74 Å². The third-order valence-electron chi connectivity index (χ3n) is 10.4. The van der Waals surface area contributed by atoms with Crippen molar-refractivity contribution < 1.29 is 9.53 Å². The summed E-state index contributed by atoms with van der Waals surface area (Å²) < 4.78 is 5.95. The number of ether oxygens (including phenoxy) is 1. The Labute approximate surface area is 253 Å². The fourth-order valence-electron chi connectivity index (χ4n) is 8.28. The monoisotopic (exact) mass is 570 g/mol. The summed E-state index contributed by atoms with van der Waals surface area (Å²) in [4.78, 5) is 21.5. The van der Waals surface area contributed by atoms with Gasteiger partial charge in [0.2, 0.25) is 5.91 Å². The van der Waals surface area contributed by atoms with Gasteiger partial charge >= 0.3 is 0 Å². The molecule has 2 unspecified atom stereocenters. The van der Waals surface area contributed by atoms with Crippen LogP contribution in [0.4, 0.5) is 0 Å². The molecule has 0 radical (unpaired) electrons. The minimum Gasteiger partial charge on any atom is -0.494 e. The Morgan fingerprint density at radius 2 is 1.76 bits per heavy atom. The minimum absolute atomic E-state index is 0.0313. The number of carbonyl (C=O) groups is 1. The van der Waals surface area contributed by atoms with E-state index in [4.69, 9.17) is 10.00 Å². The van der Waals surface area contributed by atoms with Gasteiger partial charge in [0.15, 0.2) is 0 Å². The lowest BCUT2D eigenvalue weighted by molar-refractivity contribution is -0.143. The summed E-state index contributed by atoms with van der Waals surface area (Å²) in [5.41, 5.74) is 3.60. The van der Waals surface area contributed by atoms with E-state index >= 15 is 0 Å². The van der Waals surface area contributed by atoms with E-state index in [1.807, 2.05) is 24.3 Å². The molecule has 0 bridgehead atoms. The summed E-state index contributed by atoms with van der Waals surface area (Å²) in [5, 5.41) is 9.00. The molecule has 3 aliphatic heterocycles. The lowest BCUT2D eigenvalue weighted by atomic mass is 9.58. The average Bonchev–Trinajstić information content (AvgIpc) is 3.03. The van der Waals surface area contributed by atoms with Gasteiger partial charge in [-0.15, -0.1) is 0 Å². The number of fused-ring (bicyclic) bond motifs is 1. The number of nitriles is 1. The normalized spacial score (nSPS) is 23.9. The number of likely N-dealkylation sites (tertiary alicyclic amines) is 2. The minimum atomic E-state index is -0.0313. The van der Waals surface area contributed by atoms with E-state index in [1.54, 1.807) is 0 Å². The second-order valence-electron chi connectivity index (χ2n) is 12.9. The molecule has 226 valence electrons. The second-order valence-corrected chi connectivity index (χ2v) is 12.9. The number of likely N-dealkylation sites (N-methyl/N-ethyl adjacent to an activating group) is 1. The molecule has 1 amide bonds. The van der Waals surface area contributed by atoms with Crippen LogP contribution in [0.1, 0.15) is 81.9 Å². The van der Waals surface area contributed by atoms with Crippen LogP contribution in [0, 0.1) is 23.2 Å². The van der Waals surface area contributed by atoms with Crippen LogP contribution in [0.2, 0.25) is 0 Å². The smallest absolute Gasteiger partial charge is 0.225 e. The molecule has 2 aromatic rings. The summed E-state index contributed by atoms with van der Waals surface area (Å²) in [6.45, 7) is 11.2. The predicted molar refractivity (Wildman–Crippen MR) is 168 cm³/mol. The van der Waals surface area contributed by atoms with Crippen molar-refractivity contribution in [3.63, 3.8) is 0 Å². The van der Waals surface area contributed by atoms with E-state index in [9.17, 15) is 4.79 Å². The largest absolute Gasteiger partial charge is 0.494 e. The first-order valence-electron chi connectivity index (χ1n) is 16.4. The molecule has 0 saturated carbocycles. The molecular weight excluding hydrogens is 520 g/mol. The summed E-state index contributed by atoms with van der Waals surface area (Å²) in [6, 6.07) is 19.0. The molecule has 2 aromatic carbocycles. The number of amides is 1. The molecule has 5 rings (SSSR count). The number of hydrogen-bond acceptors (Lipinski definition) is 5. The van der Waals surface area contributed by atoms with Crippen molar-refractivity contribution in [1.29, 1.82) is 5.26 Å². The fourth-order valence-corrected chi connectivity index (χ4v) is 8.28. The third kappa shape index (κ3) is 6.38. The van der Waals surface area contributed by atoms with Gasteiger partial charge in [-0.1, -0.05) is 38.1 Å². The molecule has 2 atom stereocenters. The zero-order valence-corrected chi connectivity index (χ0v) is 26.1. The Hall–Kier alpha value is -2.88. The molecule has 0 spiro atoms. The molecule has 0 aliphatic carbocycles. The maximum atomic E-state index is 14.0. The van der Waals surface area contributed by atoms with Gasteiger partial charge in [0, 0.05) is 43.6 Å². The second kappa shape index (κ2) is 14.1. The van der Waals surface area contributed by atoms with Crippen LogP contribution in [-0.2, 0) is 16.8 Å². The Morgan fingerprint density at radius 3 is 2.48 bits per heavy atom. The molecule has 0 N–H and O–H groups in total. The fraction of sp³-hybridized carbons (Fsp3) is 0.611. The summed E-state index contributed by atoms with van der Waals surface area (Å²) >= 11 is 0. The van der Waals surface area contributed by atoms with E-state index in [-0.39, 0.29) is 17.4 Å². The zero-order chi connectivity index (χ0) is 29.5. The molecule has 6 nitrogen and oxygen atoms in total. The van der Waals surface area contributed by atoms with Crippen molar-refractivity contribution in [3.8, 4) is 11.8 Å². The van der Waals surface area contributed by atoms with Gasteiger partial charge in [-0.25, -0.2) is 0 Å². The van der Waals surface area contributed by atoms with Gasteiger partial charge in [-0.2, -0.15) is 5.26 Å². The molecular formula is C36H50N4O2. The molecule has 0 aromatic heterocycles. The molecule has 6 heteroatoms. The van der Waals surface area contributed by atoms with Gasteiger partial charge in [0.05, 0.1) is 18.2 Å². The van der Waals surface area contributed by atoms with E-state index < -0.39 is 0 Å². The first kappa shape index (κ1) is 30.6. The van der Waals surface area contributed by atoms with Gasteiger partial charge in [-0.3, -0.25) is 4.79 Å². The molecule has 3 heterocycles. The van der Waals surface area contributed by atoms with Crippen molar-refractivity contribution in [2.24, 2.45) is 11.8 Å². The van der Waals surface area contributed by atoms with Crippen LogP contribution in [0.15, 0.2) is 48.5 Å². The highest BCUT2D eigenvalue weighted by Crippen LogP contribution is 2.50. The van der Waals surface area contributed by atoms with Gasteiger partial charge in [0.25, 0.3) is 0 Å². The Morgan fingerprint density at radius 1 is 1.02 bits per heavy atom. The van der Waals surface area contributed by atoms with Crippen LogP contribution in [0.3, 0.4) is 0 Å². The summed E-state index contributed by atoms with van der Waals surface area (Å²) in [5.74, 6) is 1.91. The summed E-state index contributed by atoms with van der Waals surface area (Å²) in [7, 11) is 2.28. The summed E-state index contributed by atoms with van der Waals surface area (Å²) in [6.07, 6.45) is 8.62. The topological polar surface area (TPSA) is 59.8 Å². The highest BCUT2D eigenvalue weighted by Gasteiger charge is 2.54. The number of rotatable bonds is 10. The third-order valence-corrected chi connectivity index (χ3v) is 10.4. The zero-order valence-electron chi connectivity index (χ0n) is 26.1. The van der Waals surface area contributed by atoms with Crippen molar-refractivity contribution in [3.05, 3.63) is 65.2 Å². The lowest BCUT2D eigenvalue weighted by Gasteiger charge is -2.58. The first-order valence-corrected chi connectivity index (χ1v) is 16.4. The van der Waals surface area contributed by atoms with Crippen molar-refractivity contribution >= 4 is 5.91 Å². The van der Waals surface area contributed by atoms with Crippen molar-refractivity contribution in [2.45, 2.75) is 83.2 Å². The molecule has 2 saturated heterocycles. The van der Waals surface area contributed by atoms with E-state index in [0.29, 0.717) is 24.0 Å². The molecule has 2 fully saturated rings. The van der Waals surface area contributed by atoms with E-state index in [1.165, 1.54) is 30.4 Å². The van der Waals surface area contributed by atoms with Crippen molar-refractivity contribution in [2.75, 3.05) is 46.4 Å². The Kier molecular flexibility index (Phi) is 10.2. The van der Waals surface area contributed by atoms with Crippen LogP contribution in [0.25, 0.3) is 0 Å². The van der Waals surface area contributed by atoms with Gasteiger partial charge in [-0.05, 0) is 113 Å². The van der Waals surface area contributed by atoms with Gasteiger partial charge in [0.1, 0.15) is 5.75 Å². The Balaban J connectivity index is 1.32. The quantitative estimate of drug-likeness (QED) is 0.317. The highest BCUT2D eigenvalue weighted by molar-refractivity contribution is 5.79. The molecule has 3 aliphatic rings. The predicted octanol–water partition coefficient (Wildman–Crippen LogP) is 6.24. The number of hydrogen-bond donors (Lipinski definition) is 0. The average molecular weight is 571 g/mol. The van der Waals surface area contributed by atoms with E-state index in [2.05, 4.69) is 65.9 Å². The van der Waals surface area contributed by atoms with Crippen LogP contribution in [-0.4, -0.2) is 73.0 Å². The Bertz CT molecular complexity index is 1210. The number of piperidine rings is 2. The van der Waals surface area contributed by atoms with Crippen LogP contribution >= 0.6 is 0 Å². The first-order chi connectivity index (χ1) is 20.5. The van der Waals surface area contributed by atoms with E-state index in [0.717, 1.165) is 77.1 Å². The standard InChI is InChI=1S/C36H50N4O2/c1-4-29(5-2)35(41)40-21-9-8-13-34(40)36(27-38(3)26-30-11-6-7-12-33(30)36)31-18-22-39(23-19-31)20-10-24-42-32-16-14-28(25-37)15-17-32/h6-7,11-12,14-17,29,31,34H,4-5,8-10,13,18-24,26-27H2,1-3H3. The maximum absolute atomic E-state index is 14.0. The maximum Gasteiger partial charge on any atom is 0.225 e. The number of nitrogens with zero attached hydrogens (tertiary/aromatic N) is 4. The van der Waals surface area contributed by atoms with Crippen molar-refractivity contribution in [1.82, 2.24) is 14.7 Å². The van der Waals surface area contributed by atoms with Crippen LogP contribution in [0.5, 0.6) is 5.75 Å². The van der Waals surface area contributed by atoms with Gasteiger partial charge < -0.3 is 19.4 Å². The number of benzene rings is 2. The number of carbonyl (C=O) groups excluding carboxylic acids is 1. The molecule has 42 heavy (non-hydrogen) atoms. The lowest BCUT2D eigenvalue weighted by Crippen LogP contribution is -2.65. The SMILES string of the molecule is CCC(CC)C(=O)N1CCCCC1C1(C2CCN(CCCOc3ccc(C#N)cc3)CC2)CN(C)Cc2ccccc21. The highest BCUT2D eigenvalue weighted by atomic mass is 16.5.